The van der Waals surface area contributed by atoms with Crippen LogP contribution in [0.25, 0.3) is 0 Å². The monoisotopic (exact) mass is 285 g/mol. The number of morpholine rings is 1. The molecule has 0 spiro atoms. The molecule has 2 fully saturated rings. The van der Waals surface area contributed by atoms with Gasteiger partial charge in [-0.15, -0.1) is 0 Å². The van der Waals surface area contributed by atoms with Crippen molar-refractivity contribution in [3.63, 3.8) is 0 Å². The molecule has 1 unspecified atom stereocenters. The fraction of sp³-hybridized carbons (Fsp3) is 0.929. The summed E-state index contributed by atoms with van der Waals surface area (Å²) in [5.74, 6) is 0.109. The fourth-order valence-corrected chi connectivity index (χ4v) is 3.00. The predicted octanol–water partition coefficient (Wildman–Crippen LogP) is -0.551. The van der Waals surface area contributed by atoms with Crippen molar-refractivity contribution in [3.8, 4) is 0 Å². The third kappa shape index (κ3) is 3.91. The van der Waals surface area contributed by atoms with Crippen molar-refractivity contribution in [1.29, 1.82) is 0 Å². The number of nitrogens with zero attached hydrogens (tertiary/aromatic N) is 1. The van der Waals surface area contributed by atoms with E-state index in [9.17, 15) is 4.79 Å². The molecule has 0 saturated carbocycles. The summed E-state index contributed by atoms with van der Waals surface area (Å²) in [4.78, 5) is 14.8. The number of ether oxygens (including phenoxy) is 2. The molecule has 2 rings (SSSR count). The third-order valence-corrected chi connectivity index (χ3v) is 4.30. The normalized spacial score (nSPS) is 27.2. The van der Waals surface area contributed by atoms with Gasteiger partial charge in [0.15, 0.2) is 0 Å². The molecular formula is C14H27N3O3. The van der Waals surface area contributed by atoms with Crippen LogP contribution in [0.4, 0.5) is 0 Å². The first-order valence-corrected chi connectivity index (χ1v) is 7.44. The van der Waals surface area contributed by atoms with Gasteiger partial charge in [0.25, 0.3) is 0 Å². The van der Waals surface area contributed by atoms with E-state index in [1.54, 1.807) is 7.11 Å². The van der Waals surface area contributed by atoms with Gasteiger partial charge in [-0.2, -0.15) is 0 Å². The van der Waals surface area contributed by atoms with Gasteiger partial charge in [0.2, 0.25) is 5.91 Å². The molecule has 2 saturated heterocycles. The number of hydrogen-bond acceptors (Lipinski definition) is 5. The Morgan fingerprint density at radius 3 is 2.90 bits per heavy atom. The molecule has 20 heavy (non-hydrogen) atoms. The second-order valence-corrected chi connectivity index (χ2v) is 5.93. The lowest BCUT2D eigenvalue weighted by atomic mass is 9.78. The van der Waals surface area contributed by atoms with Gasteiger partial charge in [0.1, 0.15) is 0 Å². The topological polar surface area (TPSA) is 62.8 Å². The molecular weight excluding hydrogens is 258 g/mol. The molecule has 2 aliphatic heterocycles. The average Bonchev–Trinajstić information content (AvgIpc) is 2.46. The van der Waals surface area contributed by atoms with Crippen molar-refractivity contribution < 1.29 is 14.3 Å². The van der Waals surface area contributed by atoms with Gasteiger partial charge < -0.3 is 25.0 Å². The highest BCUT2D eigenvalue weighted by molar-refractivity contribution is 5.83. The zero-order valence-electron chi connectivity index (χ0n) is 12.6. The summed E-state index contributed by atoms with van der Waals surface area (Å²) in [5.41, 5.74) is -0.374. The first-order valence-electron chi connectivity index (χ1n) is 7.44. The van der Waals surface area contributed by atoms with Gasteiger partial charge in [0, 0.05) is 26.7 Å². The number of hydrogen-bond donors (Lipinski definition) is 2. The van der Waals surface area contributed by atoms with Crippen molar-refractivity contribution in [2.45, 2.75) is 18.9 Å². The van der Waals surface area contributed by atoms with Crippen molar-refractivity contribution in [3.05, 3.63) is 0 Å². The minimum atomic E-state index is -0.374. The molecule has 0 aromatic rings. The molecule has 116 valence electrons. The number of amides is 1. The number of likely N-dealkylation sites (N-methyl/N-ethyl adjacent to an activating group) is 1. The van der Waals surface area contributed by atoms with Gasteiger partial charge in [-0.05, 0) is 33.0 Å². The fourth-order valence-electron chi connectivity index (χ4n) is 3.00. The van der Waals surface area contributed by atoms with Gasteiger partial charge in [-0.3, -0.25) is 4.79 Å². The van der Waals surface area contributed by atoms with Crippen LogP contribution in [-0.2, 0) is 14.3 Å². The number of methoxy groups -OCH3 is 1. The maximum absolute atomic E-state index is 12.5. The lowest BCUT2D eigenvalue weighted by molar-refractivity contribution is -0.137. The van der Waals surface area contributed by atoms with E-state index in [2.05, 4.69) is 22.6 Å². The van der Waals surface area contributed by atoms with Crippen LogP contribution in [-0.4, -0.2) is 77.0 Å². The Morgan fingerprint density at radius 2 is 2.25 bits per heavy atom. The molecule has 0 bridgehead atoms. The van der Waals surface area contributed by atoms with E-state index in [0.717, 1.165) is 45.6 Å². The Morgan fingerprint density at radius 1 is 1.50 bits per heavy atom. The number of rotatable bonds is 5. The Bertz CT molecular complexity index is 313. The van der Waals surface area contributed by atoms with Crippen LogP contribution in [0, 0.1) is 5.41 Å². The van der Waals surface area contributed by atoms with Crippen molar-refractivity contribution in [1.82, 2.24) is 15.5 Å². The maximum Gasteiger partial charge on any atom is 0.228 e. The molecule has 2 N–H and O–H groups in total. The smallest absolute Gasteiger partial charge is 0.228 e. The van der Waals surface area contributed by atoms with Gasteiger partial charge in [-0.25, -0.2) is 0 Å². The van der Waals surface area contributed by atoms with Crippen LogP contribution >= 0.6 is 0 Å². The Hall–Kier alpha value is -0.690. The molecule has 0 aliphatic carbocycles. The summed E-state index contributed by atoms with van der Waals surface area (Å²) in [6.07, 6.45) is 1.76. The Kier molecular flexibility index (Phi) is 5.77. The van der Waals surface area contributed by atoms with Crippen molar-refractivity contribution in [2.75, 3.05) is 60.1 Å². The molecule has 6 nitrogen and oxygen atoms in total. The number of nitrogens with one attached hydrogen (secondary N) is 2. The summed E-state index contributed by atoms with van der Waals surface area (Å²) in [6, 6.07) is 0. The van der Waals surface area contributed by atoms with E-state index in [-0.39, 0.29) is 17.4 Å². The summed E-state index contributed by atoms with van der Waals surface area (Å²) in [6.45, 7) is 5.40. The lowest BCUT2D eigenvalue weighted by Crippen LogP contribution is -2.53. The van der Waals surface area contributed by atoms with Crippen LogP contribution in [0.15, 0.2) is 0 Å². The molecule has 2 heterocycles. The highest BCUT2D eigenvalue weighted by Gasteiger charge is 2.39. The van der Waals surface area contributed by atoms with Crippen LogP contribution in [0.3, 0.4) is 0 Å². The zero-order valence-corrected chi connectivity index (χ0v) is 12.6. The standard InChI is InChI=1S/C14H27N3O3/c1-17-7-8-20-12(10-17)9-16-13(18)14(11-19-2)3-5-15-6-4-14/h12,15H,3-11H2,1-2H3,(H,16,18). The predicted molar refractivity (Wildman–Crippen MR) is 76.7 cm³/mol. The summed E-state index contributed by atoms with van der Waals surface area (Å²) in [7, 11) is 3.74. The van der Waals surface area contributed by atoms with Crippen LogP contribution in [0.1, 0.15) is 12.8 Å². The lowest BCUT2D eigenvalue weighted by Gasteiger charge is -2.36. The van der Waals surface area contributed by atoms with Crippen LogP contribution in [0.5, 0.6) is 0 Å². The number of piperidine rings is 1. The zero-order chi connectivity index (χ0) is 14.4. The second kappa shape index (κ2) is 7.36. The highest BCUT2D eigenvalue weighted by Crippen LogP contribution is 2.29. The van der Waals surface area contributed by atoms with Gasteiger partial charge in [-0.1, -0.05) is 0 Å². The minimum absolute atomic E-state index is 0.0963. The number of carbonyl (C=O) groups is 1. The van der Waals surface area contributed by atoms with E-state index < -0.39 is 0 Å². The van der Waals surface area contributed by atoms with Crippen molar-refractivity contribution >= 4 is 5.91 Å². The molecule has 0 aromatic heterocycles. The summed E-state index contributed by atoms with van der Waals surface area (Å²) < 4.78 is 11.0. The molecule has 1 amide bonds. The van der Waals surface area contributed by atoms with E-state index in [4.69, 9.17) is 9.47 Å². The number of carbonyl (C=O) groups excluding carboxylic acids is 1. The average molecular weight is 285 g/mol. The summed E-state index contributed by atoms with van der Waals surface area (Å²) >= 11 is 0. The third-order valence-electron chi connectivity index (χ3n) is 4.30. The molecule has 1 atom stereocenters. The molecule has 0 aromatic carbocycles. The first kappa shape index (κ1) is 15.7. The first-order chi connectivity index (χ1) is 9.66. The van der Waals surface area contributed by atoms with Crippen LogP contribution in [0.2, 0.25) is 0 Å². The van der Waals surface area contributed by atoms with E-state index in [0.29, 0.717) is 13.2 Å². The van der Waals surface area contributed by atoms with Crippen molar-refractivity contribution in [2.24, 2.45) is 5.41 Å². The maximum atomic E-state index is 12.5. The summed E-state index contributed by atoms with van der Waals surface area (Å²) in [5, 5.41) is 6.37. The van der Waals surface area contributed by atoms with Crippen LogP contribution < -0.4 is 10.6 Å². The minimum Gasteiger partial charge on any atom is -0.384 e. The Labute approximate surface area is 121 Å². The Balaban J connectivity index is 1.85. The molecule has 0 radical (unpaired) electrons. The molecule has 2 aliphatic rings. The van der Waals surface area contributed by atoms with E-state index in [1.165, 1.54) is 0 Å². The second-order valence-electron chi connectivity index (χ2n) is 5.93. The van der Waals surface area contributed by atoms with Gasteiger partial charge in [0.05, 0.1) is 24.7 Å². The van der Waals surface area contributed by atoms with E-state index >= 15 is 0 Å². The molecule has 6 heteroatoms. The highest BCUT2D eigenvalue weighted by atomic mass is 16.5. The SMILES string of the molecule is COCC1(C(=O)NCC2CN(C)CCO2)CCNCC1. The largest absolute Gasteiger partial charge is 0.384 e. The van der Waals surface area contributed by atoms with E-state index in [1.807, 2.05) is 0 Å². The quantitative estimate of drug-likeness (QED) is 0.710. The van der Waals surface area contributed by atoms with Gasteiger partial charge >= 0.3 is 0 Å².